The van der Waals surface area contributed by atoms with Crippen molar-refractivity contribution in [1.82, 2.24) is 0 Å². The first kappa shape index (κ1) is 78.9. The Hall–Kier alpha value is -10.9. The Kier molecular flexibility index (Phi) is 19.4. The molecule has 0 aromatic heterocycles. The summed E-state index contributed by atoms with van der Waals surface area (Å²) in [4.78, 5) is 0. The summed E-state index contributed by atoms with van der Waals surface area (Å²) >= 11 is 0. The molecule has 0 aliphatic rings. The molecule has 0 unspecified atom stereocenters. The highest BCUT2D eigenvalue weighted by Gasteiger charge is 2.31. The quantitative estimate of drug-likeness (QED) is 0.0846. The maximum atomic E-state index is 2.58. The van der Waals surface area contributed by atoms with Crippen molar-refractivity contribution in [3.8, 4) is 44.5 Å². The zero-order valence-electron chi connectivity index (χ0n) is 75.7. The molecule has 0 saturated carbocycles. The molecule has 20 aromatic carbocycles. The highest BCUT2D eigenvalue weighted by Crippen LogP contribution is 2.56. The summed E-state index contributed by atoms with van der Waals surface area (Å²) in [6.45, 7) is 56.7. The Balaban J connectivity index is 0.000000159. The SMILES string of the molecule is CC(C)c1cc(C(C)C)c(-c2cc3c4ccccc4c4cc5c(cc6c7ccccc7c7c(-c8c(C(C)C)cc(C(C)C)cc8C(C)C)ccc5c67)c(c2)c34)c(C(C)C)c1.CC(C)c1cc(C(C)C)c(-c2cc3c4ccccc4c4cc5c(cc6c7ccccc7c7cc(-c8c(C(C)C)cc(C(C)C)cc8C(C)C)cc5c76)c(c2)c34)c(C(C)C)c1. The first-order chi connectivity index (χ1) is 57.5. The number of rotatable bonds is 16. The number of hydrogen-bond donors (Lipinski definition) is 0. The molecule has 600 valence electrons. The fourth-order valence-corrected chi connectivity index (χ4v) is 21.9. The van der Waals surface area contributed by atoms with E-state index in [1.165, 1.54) is 262 Å². The molecule has 0 nitrogen and oxygen atoms in total. The largest absolute Gasteiger partial charge is 0.0616 e. The Morgan fingerprint density at radius 2 is 0.317 bits per heavy atom. The second-order valence-electron chi connectivity index (χ2n) is 40.0. The summed E-state index contributed by atoms with van der Waals surface area (Å²) in [5.74, 6) is 5.10. The van der Waals surface area contributed by atoms with Crippen molar-refractivity contribution in [2.24, 2.45) is 0 Å². The minimum absolute atomic E-state index is 0.398. The molecule has 0 N–H and O–H groups in total. The third-order valence-corrected chi connectivity index (χ3v) is 28.3. The highest BCUT2D eigenvalue weighted by atomic mass is 14.3. The molecule has 0 radical (unpaired) electrons. The summed E-state index contributed by atoms with van der Waals surface area (Å²) in [6.07, 6.45) is 0. The minimum atomic E-state index is 0.398. The predicted octanol–water partition coefficient (Wildman–Crippen LogP) is 37.4. The lowest BCUT2D eigenvalue weighted by Crippen LogP contribution is -2.04. The van der Waals surface area contributed by atoms with Crippen molar-refractivity contribution in [3.05, 3.63) is 285 Å². The molecule has 0 aliphatic heterocycles. The lowest BCUT2D eigenvalue weighted by Gasteiger charge is -2.24. The van der Waals surface area contributed by atoms with Crippen LogP contribution in [0.2, 0.25) is 0 Å². The van der Waals surface area contributed by atoms with Gasteiger partial charge in [-0.2, -0.15) is 0 Å². The lowest BCUT2D eigenvalue weighted by atomic mass is 9.80. The van der Waals surface area contributed by atoms with Gasteiger partial charge in [-0.05, 0) is 394 Å². The summed E-state index contributed by atoms with van der Waals surface area (Å²) in [5.41, 5.74) is 28.6. The topological polar surface area (TPSA) is 0 Å². The molecule has 20 rings (SSSR count). The van der Waals surface area contributed by atoms with E-state index in [0.29, 0.717) is 71.0 Å². The Bertz CT molecular complexity index is 7170. The third kappa shape index (κ3) is 12.2. The molecule has 120 heavy (non-hydrogen) atoms. The molecule has 0 aliphatic carbocycles. The van der Waals surface area contributed by atoms with Crippen LogP contribution in [-0.4, -0.2) is 0 Å². The summed E-state index contributed by atoms with van der Waals surface area (Å²) in [5, 5.41) is 38.2. The molecule has 0 heteroatoms. The van der Waals surface area contributed by atoms with Crippen LogP contribution in [0, 0.1) is 0 Å². The normalized spacial score (nSPS) is 12.9. The van der Waals surface area contributed by atoms with E-state index in [9.17, 15) is 0 Å². The molecular weight excluding hydrogens is 1440 g/mol. The van der Waals surface area contributed by atoms with Crippen molar-refractivity contribution < 1.29 is 0 Å². The molecule has 0 heterocycles. The van der Waals surface area contributed by atoms with E-state index in [4.69, 9.17) is 0 Å². The highest BCUT2D eigenvalue weighted by molar-refractivity contribution is 6.44. The molecule has 0 saturated heterocycles. The van der Waals surface area contributed by atoms with Gasteiger partial charge in [-0.15, -0.1) is 0 Å². The van der Waals surface area contributed by atoms with Crippen molar-refractivity contribution in [1.29, 1.82) is 0 Å². The second kappa shape index (κ2) is 29.5. The summed E-state index contributed by atoms with van der Waals surface area (Å²) in [6, 6.07) is 87.4. The van der Waals surface area contributed by atoms with Gasteiger partial charge in [0.25, 0.3) is 0 Å². The van der Waals surface area contributed by atoms with E-state index in [2.05, 4.69) is 385 Å². The molecule has 20 aromatic rings. The number of benzene rings is 16. The Labute approximate surface area is 712 Å². The van der Waals surface area contributed by atoms with E-state index in [0.717, 1.165) is 0 Å². The van der Waals surface area contributed by atoms with E-state index in [1.807, 2.05) is 0 Å². The van der Waals surface area contributed by atoms with Gasteiger partial charge >= 0.3 is 0 Å². The van der Waals surface area contributed by atoms with Gasteiger partial charge in [-0.25, -0.2) is 0 Å². The standard InChI is InChI=1S/2C60H60/c1-31(2)37-21-45(33(5)6)57(46(22-37)34(7)8)39-25-51-41-17-13-15-19-43(41)55-30-50-49(53(27-39)59(51)55)29-56-44-20-16-14-18-42(44)52-26-40(28-54(50)60(52)56)58-47(35(9)10)23-38(32(3)4)24-48(58)36(11)12;1-31(2)37-23-46(33(5)6)56(47(24-37)34(7)8)39-27-52-40-17-13-14-18-41(40)54-29-50-44-21-22-45(57-48(35(9)10)25-38(32(3)4)26-49(57)36(11)12)59-43-20-16-15-19-42(43)55(60(44)59)30-51(50)53(28-39)58(52)54/h2*13-36H,1-12H3. The second-order valence-corrected chi connectivity index (χ2v) is 40.0. The summed E-state index contributed by atoms with van der Waals surface area (Å²) in [7, 11) is 0. The predicted molar refractivity (Wildman–Crippen MR) is 534 cm³/mol. The van der Waals surface area contributed by atoms with Crippen LogP contribution in [0.25, 0.3) is 195 Å². The van der Waals surface area contributed by atoms with E-state index in [-0.39, 0.29) is 0 Å². The van der Waals surface area contributed by atoms with Crippen LogP contribution >= 0.6 is 0 Å². The van der Waals surface area contributed by atoms with Crippen molar-refractivity contribution >= 4 is 151 Å². The smallest absolute Gasteiger partial charge is 0.00137 e. The van der Waals surface area contributed by atoms with E-state index in [1.54, 1.807) is 0 Å². The zero-order chi connectivity index (χ0) is 84.1. The van der Waals surface area contributed by atoms with Gasteiger partial charge in [0.05, 0.1) is 0 Å². The average Bonchev–Trinajstić information content (AvgIpc) is 1.53. The van der Waals surface area contributed by atoms with Crippen LogP contribution < -0.4 is 0 Å². The van der Waals surface area contributed by atoms with Crippen LogP contribution in [0.5, 0.6) is 0 Å². The van der Waals surface area contributed by atoms with Crippen LogP contribution in [0.4, 0.5) is 0 Å². The van der Waals surface area contributed by atoms with Gasteiger partial charge in [0.15, 0.2) is 0 Å². The van der Waals surface area contributed by atoms with Gasteiger partial charge in [-0.3, -0.25) is 0 Å². The van der Waals surface area contributed by atoms with Crippen molar-refractivity contribution in [2.45, 2.75) is 237 Å². The molecule has 0 amide bonds. The first-order valence-corrected chi connectivity index (χ1v) is 45.7. The summed E-state index contributed by atoms with van der Waals surface area (Å²) < 4.78 is 0. The molecule has 0 spiro atoms. The number of fused-ring (bicyclic) bond motifs is 18. The molecule has 0 bridgehead atoms. The van der Waals surface area contributed by atoms with E-state index < -0.39 is 0 Å². The maximum Gasteiger partial charge on any atom is -0.00137 e. The van der Waals surface area contributed by atoms with Crippen LogP contribution in [0.15, 0.2) is 218 Å². The zero-order valence-corrected chi connectivity index (χ0v) is 75.7. The first-order valence-electron chi connectivity index (χ1n) is 45.7. The van der Waals surface area contributed by atoms with Gasteiger partial charge in [0.1, 0.15) is 0 Å². The van der Waals surface area contributed by atoms with E-state index >= 15 is 0 Å². The number of hydrogen-bond acceptors (Lipinski definition) is 0. The maximum absolute atomic E-state index is 2.58. The Morgan fingerprint density at radius 1 is 0.133 bits per heavy atom. The van der Waals surface area contributed by atoms with Gasteiger partial charge in [0.2, 0.25) is 0 Å². The molecular formula is C120H120. The van der Waals surface area contributed by atoms with Crippen molar-refractivity contribution in [3.63, 3.8) is 0 Å². The van der Waals surface area contributed by atoms with Crippen LogP contribution in [0.3, 0.4) is 0 Å². The van der Waals surface area contributed by atoms with Crippen LogP contribution in [0.1, 0.15) is 304 Å². The Morgan fingerprint density at radius 3 is 0.550 bits per heavy atom. The molecule has 0 atom stereocenters. The van der Waals surface area contributed by atoms with Gasteiger partial charge in [-0.1, -0.05) is 324 Å². The van der Waals surface area contributed by atoms with Gasteiger partial charge in [0, 0.05) is 0 Å². The minimum Gasteiger partial charge on any atom is -0.0616 e. The molecule has 0 fully saturated rings. The lowest BCUT2D eigenvalue weighted by molar-refractivity contribution is 0.807. The van der Waals surface area contributed by atoms with Crippen LogP contribution in [-0.2, 0) is 0 Å². The van der Waals surface area contributed by atoms with Gasteiger partial charge < -0.3 is 0 Å². The third-order valence-electron chi connectivity index (χ3n) is 28.3. The fraction of sp³-hybridized carbons (Fsp3) is 0.300. The fourth-order valence-electron chi connectivity index (χ4n) is 21.9. The average molecular weight is 1560 g/mol. The monoisotopic (exact) mass is 1560 g/mol. The van der Waals surface area contributed by atoms with Crippen molar-refractivity contribution in [2.75, 3.05) is 0 Å².